The van der Waals surface area contributed by atoms with Crippen molar-refractivity contribution < 1.29 is 0 Å². The third kappa shape index (κ3) is 9.11. The van der Waals surface area contributed by atoms with Crippen LogP contribution in [0.2, 0.25) is 0 Å². The summed E-state index contributed by atoms with van der Waals surface area (Å²) in [4.78, 5) is 53.6. The van der Waals surface area contributed by atoms with Crippen molar-refractivity contribution in [3.8, 4) is 12.1 Å². The van der Waals surface area contributed by atoms with Gasteiger partial charge in [0.25, 0.3) is 11.1 Å². The minimum Gasteiger partial charge on any atom is -0.369 e. The Hall–Kier alpha value is -6.88. The molecule has 2 saturated heterocycles. The first kappa shape index (κ1) is 42.4. The fraction of sp³-hybridized carbons (Fsp3) is 0.417. The van der Waals surface area contributed by atoms with Crippen LogP contribution in [0.3, 0.4) is 0 Å². The number of likely N-dealkylation sites (N-methyl/N-ethyl adjacent to an activating group) is 2. The number of fused-ring (bicyclic) bond motifs is 2. The van der Waals surface area contributed by atoms with E-state index >= 15 is 0 Å². The number of benzene rings is 2. The Bertz CT molecular complexity index is 2620. The van der Waals surface area contributed by atoms with E-state index in [4.69, 9.17) is 0 Å². The fourth-order valence-electron chi connectivity index (χ4n) is 9.42. The SMILES string of the molecule is CN1CCN(c2ccc(Nc3ncc4cc(C#N)c(=O)n(C5CCCC5)c4n3)cc2)CC1.CN1CCN(c2ccc(Nc3ncc4cc(C#N)c(=O)n(C5CCCC5)c4n3)cc2)CC1. The van der Waals surface area contributed by atoms with E-state index in [0.717, 1.165) is 115 Å². The molecule has 2 saturated carbocycles. The topological polar surface area (TPSA) is 180 Å². The van der Waals surface area contributed by atoms with E-state index in [9.17, 15) is 20.1 Å². The lowest BCUT2D eigenvalue weighted by Crippen LogP contribution is -2.44. The molecule has 2 aliphatic carbocycles. The standard InChI is InChI=1S/2C24H27N7O/c2*1-29-10-12-30(13-11-29)20-8-6-19(7-9-20)27-24-26-16-18-14-17(15-25)23(32)31(22(18)28-24)21-4-2-3-5-21/h2*6-9,14,16,21H,2-5,10-13H2,1H3,(H,26,27,28). The maximum absolute atomic E-state index is 12.9. The molecular formula is C48H54N14O2. The molecular weight excluding hydrogens is 805 g/mol. The molecule has 2 aliphatic heterocycles. The summed E-state index contributed by atoms with van der Waals surface area (Å²) in [6.45, 7) is 8.40. The normalized spacial score (nSPS) is 17.6. The summed E-state index contributed by atoms with van der Waals surface area (Å²) < 4.78 is 3.43. The summed E-state index contributed by atoms with van der Waals surface area (Å²) in [7, 11) is 4.31. The average molecular weight is 859 g/mol. The summed E-state index contributed by atoms with van der Waals surface area (Å²) in [6, 6.07) is 24.0. The number of pyridine rings is 2. The molecule has 64 heavy (non-hydrogen) atoms. The van der Waals surface area contributed by atoms with Gasteiger partial charge in [-0.15, -0.1) is 0 Å². The molecule has 0 amide bonds. The molecule has 328 valence electrons. The number of nitrogens with one attached hydrogen (secondary N) is 2. The van der Waals surface area contributed by atoms with Crippen LogP contribution in [0.25, 0.3) is 22.1 Å². The molecule has 6 aromatic rings. The van der Waals surface area contributed by atoms with Crippen molar-refractivity contribution in [2.45, 2.75) is 63.5 Å². The van der Waals surface area contributed by atoms with Gasteiger partial charge in [0.15, 0.2) is 0 Å². The van der Waals surface area contributed by atoms with Crippen molar-refractivity contribution >= 4 is 56.7 Å². The lowest BCUT2D eigenvalue weighted by molar-refractivity contribution is 0.313. The van der Waals surface area contributed by atoms with E-state index in [0.29, 0.717) is 34.0 Å². The van der Waals surface area contributed by atoms with Crippen molar-refractivity contribution in [2.75, 3.05) is 86.9 Å². The number of aromatic nitrogens is 6. The predicted molar refractivity (Wildman–Crippen MR) is 251 cm³/mol. The second-order valence-electron chi connectivity index (χ2n) is 17.4. The van der Waals surface area contributed by atoms with E-state index in [-0.39, 0.29) is 34.3 Å². The second kappa shape index (κ2) is 18.8. The third-order valence-electron chi connectivity index (χ3n) is 13.2. The minimum absolute atomic E-state index is 0.0870. The predicted octanol–water partition coefficient (Wildman–Crippen LogP) is 6.55. The Morgan fingerprint density at radius 3 is 1.25 bits per heavy atom. The Morgan fingerprint density at radius 1 is 0.547 bits per heavy atom. The molecule has 4 aromatic heterocycles. The average Bonchev–Trinajstić information content (AvgIpc) is 4.06. The zero-order valence-electron chi connectivity index (χ0n) is 36.6. The first-order valence-corrected chi connectivity index (χ1v) is 22.5. The van der Waals surface area contributed by atoms with Crippen LogP contribution in [-0.2, 0) is 0 Å². The van der Waals surface area contributed by atoms with Crippen molar-refractivity contribution in [3.63, 3.8) is 0 Å². The summed E-state index contributed by atoms with van der Waals surface area (Å²) in [5.41, 5.74) is 5.17. The Kier molecular flexibility index (Phi) is 12.5. The number of piperazine rings is 2. The number of hydrogen-bond donors (Lipinski definition) is 2. The highest BCUT2D eigenvalue weighted by Crippen LogP contribution is 2.33. The summed E-state index contributed by atoms with van der Waals surface area (Å²) in [5.74, 6) is 0.890. The molecule has 4 fully saturated rings. The van der Waals surface area contributed by atoms with Gasteiger partial charge in [-0.3, -0.25) is 18.7 Å². The Balaban J connectivity index is 0.000000162. The molecule has 0 radical (unpaired) electrons. The van der Waals surface area contributed by atoms with Crippen LogP contribution in [0.15, 0.2) is 82.6 Å². The highest BCUT2D eigenvalue weighted by atomic mass is 16.1. The van der Waals surface area contributed by atoms with Crippen molar-refractivity contribution in [3.05, 3.63) is 105 Å². The molecule has 16 heteroatoms. The first-order valence-electron chi connectivity index (χ1n) is 22.5. The van der Waals surface area contributed by atoms with Crippen molar-refractivity contribution in [1.29, 1.82) is 10.5 Å². The first-order chi connectivity index (χ1) is 31.2. The number of hydrogen-bond acceptors (Lipinski definition) is 14. The van der Waals surface area contributed by atoms with Gasteiger partial charge in [0, 0.05) is 110 Å². The smallest absolute Gasteiger partial charge is 0.270 e. The van der Waals surface area contributed by atoms with Crippen LogP contribution in [0.1, 0.15) is 74.6 Å². The molecule has 0 atom stereocenters. The molecule has 0 spiro atoms. The molecule has 16 nitrogen and oxygen atoms in total. The zero-order valence-corrected chi connectivity index (χ0v) is 36.6. The highest BCUT2D eigenvalue weighted by Gasteiger charge is 2.25. The molecule has 6 heterocycles. The number of anilines is 6. The molecule has 2 N–H and O–H groups in total. The number of nitrogens with zero attached hydrogens (tertiary/aromatic N) is 12. The largest absolute Gasteiger partial charge is 0.369 e. The van der Waals surface area contributed by atoms with Gasteiger partial charge in [-0.05, 0) is 100 Å². The monoisotopic (exact) mass is 858 g/mol. The van der Waals surface area contributed by atoms with Gasteiger partial charge in [0.05, 0.1) is 0 Å². The summed E-state index contributed by atoms with van der Waals surface area (Å²) >= 11 is 0. The number of rotatable bonds is 8. The van der Waals surface area contributed by atoms with Crippen LogP contribution in [-0.4, -0.2) is 105 Å². The van der Waals surface area contributed by atoms with E-state index in [2.05, 4.69) is 88.5 Å². The lowest BCUT2D eigenvalue weighted by atomic mass is 10.2. The van der Waals surface area contributed by atoms with Crippen molar-refractivity contribution in [1.82, 2.24) is 38.9 Å². The zero-order chi connectivity index (χ0) is 44.2. The van der Waals surface area contributed by atoms with E-state index in [1.165, 1.54) is 11.4 Å². The van der Waals surface area contributed by atoms with Gasteiger partial charge in [-0.1, -0.05) is 25.7 Å². The Morgan fingerprint density at radius 2 is 0.906 bits per heavy atom. The molecule has 0 unspecified atom stereocenters. The van der Waals surface area contributed by atoms with Gasteiger partial charge in [0.1, 0.15) is 34.6 Å². The van der Waals surface area contributed by atoms with Gasteiger partial charge >= 0.3 is 0 Å². The highest BCUT2D eigenvalue weighted by molar-refractivity contribution is 5.79. The third-order valence-corrected chi connectivity index (χ3v) is 13.2. The molecule has 2 aromatic carbocycles. The maximum Gasteiger partial charge on any atom is 0.270 e. The summed E-state index contributed by atoms with van der Waals surface area (Å²) in [5, 5.41) is 26.8. The lowest BCUT2D eigenvalue weighted by Gasteiger charge is -2.34. The van der Waals surface area contributed by atoms with E-state index in [1.807, 2.05) is 36.4 Å². The summed E-state index contributed by atoms with van der Waals surface area (Å²) in [6.07, 6.45) is 11.5. The van der Waals surface area contributed by atoms with Gasteiger partial charge in [-0.2, -0.15) is 20.5 Å². The van der Waals surface area contributed by atoms with E-state index < -0.39 is 0 Å². The van der Waals surface area contributed by atoms with Crippen molar-refractivity contribution in [2.24, 2.45) is 0 Å². The van der Waals surface area contributed by atoms with Crippen LogP contribution in [0.4, 0.5) is 34.6 Å². The van der Waals surface area contributed by atoms with Crippen LogP contribution in [0, 0.1) is 22.7 Å². The molecule has 4 aliphatic rings. The quantitative estimate of drug-likeness (QED) is 0.168. The van der Waals surface area contributed by atoms with Crippen LogP contribution >= 0.6 is 0 Å². The second-order valence-corrected chi connectivity index (χ2v) is 17.4. The van der Waals surface area contributed by atoms with E-state index in [1.54, 1.807) is 33.7 Å². The fourth-order valence-corrected chi connectivity index (χ4v) is 9.42. The molecule has 10 rings (SSSR count). The maximum atomic E-state index is 12.9. The van der Waals surface area contributed by atoms with Gasteiger partial charge < -0.3 is 30.2 Å². The van der Waals surface area contributed by atoms with Crippen LogP contribution in [0.5, 0.6) is 0 Å². The molecule has 0 bridgehead atoms. The van der Waals surface area contributed by atoms with Gasteiger partial charge in [0.2, 0.25) is 11.9 Å². The Labute approximate surface area is 372 Å². The number of nitriles is 2. The van der Waals surface area contributed by atoms with Gasteiger partial charge in [-0.25, -0.2) is 9.97 Å². The minimum atomic E-state index is -0.256. The van der Waals surface area contributed by atoms with Crippen LogP contribution < -0.4 is 31.6 Å².